The Bertz CT molecular complexity index is 450. The number of nitrogens with two attached hydrogens (primary N) is 2. The van der Waals surface area contributed by atoms with Crippen molar-refractivity contribution >= 4 is 22.6 Å². The van der Waals surface area contributed by atoms with Gasteiger partial charge in [0.1, 0.15) is 0 Å². The SMILES string of the molecule is CCSC(N)=Nc1cccc(C2(N)CCCCC2)c1. The fourth-order valence-electron chi connectivity index (χ4n) is 2.66. The topological polar surface area (TPSA) is 64.4 Å². The van der Waals surface area contributed by atoms with Gasteiger partial charge in [0, 0.05) is 5.54 Å². The molecule has 0 aliphatic heterocycles. The van der Waals surface area contributed by atoms with E-state index in [1.807, 2.05) is 12.1 Å². The van der Waals surface area contributed by atoms with E-state index in [0.29, 0.717) is 5.17 Å². The summed E-state index contributed by atoms with van der Waals surface area (Å²) >= 11 is 1.56. The van der Waals surface area contributed by atoms with Crippen LogP contribution in [0.1, 0.15) is 44.6 Å². The molecule has 0 amide bonds. The number of hydrogen-bond donors (Lipinski definition) is 2. The van der Waals surface area contributed by atoms with E-state index in [-0.39, 0.29) is 5.54 Å². The molecule has 1 saturated carbocycles. The third-order valence-electron chi connectivity index (χ3n) is 3.70. The van der Waals surface area contributed by atoms with Gasteiger partial charge in [0.15, 0.2) is 5.17 Å². The van der Waals surface area contributed by atoms with Gasteiger partial charge < -0.3 is 11.5 Å². The lowest BCUT2D eigenvalue weighted by Crippen LogP contribution is -2.38. The van der Waals surface area contributed by atoms with Gasteiger partial charge in [0.05, 0.1) is 5.69 Å². The first-order valence-electron chi connectivity index (χ1n) is 7.00. The lowest BCUT2D eigenvalue weighted by molar-refractivity contribution is 0.302. The predicted molar refractivity (Wildman–Crippen MR) is 84.8 cm³/mol. The fraction of sp³-hybridized carbons (Fsp3) is 0.533. The molecule has 0 saturated heterocycles. The number of amidine groups is 1. The van der Waals surface area contributed by atoms with E-state index < -0.39 is 0 Å². The van der Waals surface area contributed by atoms with Gasteiger partial charge in [-0.25, -0.2) is 4.99 Å². The van der Waals surface area contributed by atoms with Crippen molar-refractivity contribution in [3.63, 3.8) is 0 Å². The molecule has 4 heteroatoms. The van der Waals surface area contributed by atoms with Crippen LogP contribution in [-0.4, -0.2) is 10.9 Å². The molecule has 0 radical (unpaired) electrons. The molecule has 1 aliphatic rings. The maximum Gasteiger partial charge on any atom is 0.159 e. The molecule has 4 N–H and O–H groups in total. The summed E-state index contributed by atoms with van der Waals surface area (Å²) in [4.78, 5) is 4.44. The molecule has 1 aliphatic carbocycles. The summed E-state index contributed by atoms with van der Waals surface area (Å²) in [5.74, 6) is 0.940. The Morgan fingerprint density at radius 1 is 1.32 bits per heavy atom. The standard InChI is InChI=1S/C15H23N3S/c1-2-19-14(16)18-13-8-6-7-12(11-13)15(17)9-4-3-5-10-15/h6-8,11H,2-5,9-10,17H2,1H3,(H2,16,18). The van der Waals surface area contributed by atoms with Crippen LogP contribution in [0.25, 0.3) is 0 Å². The second kappa shape index (κ2) is 6.44. The lowest BCUT2D eigenvalue weighted by Gasteiger charge is -2.34. The van der Waals surface area contributed by atoms with Crippen LogP contribution in [0.5, 0.6) is 0 Å². The van der Waals surface area contributed by atoms with Gasteiger partial charge in [0.2, 0.25) is 0 Å². The number of hydrogen-bond acceptors (Lipinski definition) is 3. The van der Waals surface area contributed by atoms with Crippen LogP contribution in [0.3, 0.4) is 0 Å². The zero-order valence-electron chi connectivity index (χ0n) is 11.6. The fourth-order valence-corrected chi connectivity index (χ4v) is 3.13. The number of benzene rings is 1. The maximum atomic E-state index is 6.55. The van der Waals surface area contributed by atoms with Gasteiger partial charge in [-0.2, -0.15) is 0 Å². The van der Waals surface area contributed by atoms with E-state index in [4.69, 9.17) is 11.5 Å². The Balaban J connectivity index is 2.21. The highest BCUT2D eigenvalue weighted by Gasteiger charge is 2.29. The highest BCUT2D eigenvalue weighted by molar-refractivity contribution is 8.13. The van der Waals surface area contributed by atoms with Crippen LogP contribution in [0.4, 0.5) is 5.69 Å². The van der Waals surface area contributed by atoms with Gasteiger partial charge >= 0.3 is 0 Å². The number of nitrogens with zero attached hydrogens (tertiary/aromatic N) is 1. The highest BCUT2D eigenvalue weighted by Crippen LogP contribution is 2.35. The first-order valence-corrected chi connectivity index (χ1v) is 7.99. The molecule has 0 unspecified atom stereocenters. The van der Waals surface area contributed by atoms with Crippen LogP contribution in [0.15, 0.2) is 29.3 Å². The number of aliphatic imine (C=N–C) groups is 1. The Hall–Kier alpha value is -1.00. The van der Waals surface area contributed by atoms with E-state index >= 15 is 0 Å². The van der Waals surface area contributed by atoms with Crippen molar-refractivity contribution in [1.29, 1.82) is 0 Å². The quantitative estimate of drug-likeness (QED) is 0.656. The van der Waals surface area contributed by atoms with Gasteiger partial charge in [-0.1, -0.05) is 50.1 Å². The summed E-state index contributed by atoms with van der Waals surface area (Å²) < 4.78 is 0. The van der Waals surface area contributed by atoms with Crippen LogP contribution in [-0.2, 0) is 5.54 Å². The molecule has 0 spiro atoms. The molecule has 104 valence electrons. The van der Waals surface area contributed by atoms with Crippen molar-refractivity contribution in [2.45, 2.75) is 44.6 Å². The molecule has 1 aromatic carbocycles. The largest absolute Gasteiger partial charge is 0.378 e. The third-order valence-corrected chi connectivity index (χ3v) is 4.37. The molecule has 3 nitrogen and oxygen atoms in total. The van der Waals surface area contributed by atoms with Gasteiger partial charge in [-0.3, -0.25) is 0 Å². The highest BCUT2D eigenvalue weighted by atomic mass is 32.2. The molecular weight excluding hydrogens is 254 g/mol. The predicted octanol–water partition coefficient (Wildman–Crippen LogP) is 3.50. The second-order valence-corrected chi connectivity index (χ2v) is 6.43. The zero-order valence-corrected chi connectivity index (χ0v) is 12.4. The molecule has 1 fully saturated rings. The summed E-state index contributed by atoms with van der Waals surface area (Å²) in [6.07, 6.45) is 5.88. The normalized spacial score (nSPS) is 19.4. The summed E-state index contributed by atoms with van der Waals surface area (Å²) in [5, 5.41) is 0.620. The zero-order chi connectivity index (χ0) is 13.7. The smallest absolute Gasteiger partial charge is 0.159 e. The summed E-state index contributed by atoms with van der Waals surface area (Å²) in [5.41, 5.74) is 14.3. The summed E-state index contributed by atoms with van der Waals surface area (Å²) in [6, 6.07) is 8.22. The maximum absolute atomic E-state index is 6.55. The van der Waals surface area contributed by atoms with Crippen molar-refractivity contribution in [2.75, 3.05) is 5.75 Å². The molecule has 0 aromatic heterocycles. The molecule has 0 atom stereocenters. The Morgan fingerprint density at radius 3 is 2.74 bits per heavy atom. The van der Waals surface area contributed by atoms with Crippen molar-refractivity contribution in [1.82, 2.24) is 0 Å². The van der Waals surface area contributed by atoms with Crippen molar-refractivity contribution in [3.05, 3.63) is 29.8 Å². The van der Waals surface area contributed by atoms with Crippen LogP contribution in [0.2, 0.25) is 0 Å². The molecule has 2 rings (SSSR count). The lowest BCUT2D eigenvalue weighted by atomic mass is 9.77. The van der Waals surface area contributed by atoms with Gasteiger partial charge in [-0.05, 0) is 36.3 Å². The molecule has 0 heterocycles. The van der Waals surface area contributed by atoms with Crippen molar-refractivity contribution in [2.24, 2.45) is 16.5 Å². The van der Waals surface area contributed by atoms with Crippen molar-refractivity contribution < 1.29 is 0 Å². The third kappa shape index (κ3) is 3.74. The van der Waals surface area contributed by atoms with Crippen LogP contribution >= 0.6 is 11.8 Å². The average molecular weight is 277 g/mol. The van der Waals surface area contributed by atoms with Crippen molar-refractivity contribution in [3.8, 4) is 0 Å². The summed E-state index contributed by atoms with van der Waals surface area (Å²) in [6.45, 7) is 2.07. The number of thioether (sulfide) groups is 1. The second-order valence-electron chi connectivity index (χ2n) is 5.15. The van der Waals surface area contributed by atoms with E-state index in [1.54, 1.807) is 11.8 Å². The minimum absolute atomic E-state index is 0.170. The molecular formula is C15H23N3S. The van der Waals surface area contributed by atoms with E-state index in [9.17, 15) is 0 Å². The van der Waals surface area contributed by atoms with E-state index in [1.165, 1.54) is 24.8 Å². The van der Waals surface area contributed by atoms with Gasteiger partial charge in [-0.15, -0.1) is 0 Å². The Morgan fingerprint density at radius 2 is 2.05 bits per heavy atom. The molecule has 19 heavy (non-hydrogen) atoms. The molecule has 1 aromatic rings. The van der Waals surface area contributed by atoms with Crippen LogP contribution in [0, 0.1) is 0 Å². The van der Waals surface area contributed by atoms with E-state index in [2.05, 4.69) is 24.0 Å². The summed E-state index contributed by atoms with van der Waals surface area (Å²) in [7, 11) is 0. The molecule has 0 bridgehead atoms. The van der Waals surface area contributed by atoms with E-state index in [0.717, 1.165) is 24.3 Å². The van der Waals surface area contributed by atoms with Gasteiger partial charge in [0.25, 0.3) is 0 Å². The Kier molecular flexibility index (Phi) is 4.88. The monoisotopic (exact) mass is 277 g/mol. The number of rotatable bonds is 3. The first kappa shape index (κ1) is 14.4. The Labute approximate surface area is 119 Å². The first-order chi connectivity index (χ1) is 9.14. The average Bonchev–Trinajstić information content (AvgIpc) is 2.40. The minimum Gasteiger partial charge on any atom is -0.378 e. The minimum atomic E-state index is -0.170. The van der Waals surface area contributed by atoms with Crippen LogP contribution < -0.4 is 11.5 Å².